The van der Waals surface area contributed by atoms with E-state index in [1.807, 2.05) is 0 Å². The third-order valence-corrected chi connectivity index (χ3v) is 19.5. The van der Waals surface area contributed by atoms with E-state index in [0.29, 0.717) is 25.7 Å². The van der Waals surface area contributed by atoms with Crippen molar-refractivity contribution in [2.24, 2.45) is 0 Å². The molecule has 0 heterocycles. The molecular formula is C75H146O17P2. The highest BCUT2D eigenvalue weighted by Gasteiger charge is 2.30. The van der Waals surface area contributed by atoms with Crippen LogP contribution in [0.15, 0.2) is 0 Å². The predicted molar refractivity (Wildman–Crippen MR) is 382 cm³/mol. The van der Waals surface area contributed by atoms with Crippen LogP contribution in [0.2, 0.25) is 0 Å². The molecule has 19 heteroatoms. The van der Waals surface area contributed by atoms with Crippen LogP contribution in [0.5, 0.6) is 0 Å². The fourth-order valence-corrected chi connectivity index (χ4v) is 13.2. The number of ether oxygens (including phenoxy) is 4. The molecule has 558 valence electrons. The van der Waals surface area contributed by atoms with Gasteiger partial charge in [-0.15, -0.1) is 0 Å². The van der Waals surface area contributed by atoms with Crippen LogP contribution in [-0.2, 0) is 65.4 Å². The van der Waals surface area contributed by atoms with Gasteiger partial charge in [0.2, 0.25) is 0 Å². The first kappa shape index (κ1) is 92.1. The highest BCUT2D eigenvalue weighted by atomic mass is 31.2. The number of phosphoric ester groups is 2. The average Bonchev–Trinajstić information content (AvgIpc) is 3.32. The van der Waals surface area contributed by atoms with Crippen molar-refractivity contribution in [3.05, 3.63) is 0 Å². The van der Waals surface area contributed by atoms with E-state index in [9.17, 15) is 43.2 Å². The van der Waals surface area contributed by atoms with Crippen molar-refractivity contribution in [1.82, 2.24) is 0 Å². The smallest absolute Gasteiger partial charge is 0.462 e. The summed E-state index contributed by atoms with van der Waals surface area (Å²) < 4.78 is 68.5. The van der Waals surface area contributed by atoms with Gasteiger partial charge in [0.15, 0.2) is 12.2 Å². The van der Waals surface area contributed by atoms with E-state index < -0.39 is 97.5 Å². The second kappa shape index (κ2) is 69.5. The van der Waals surface area contributed by atoms with Crippen LogP contribution in [0, 0.1) is 0 Å². The summed E-state index contributed by atoms with van der Waals surface area (Å²) in [6.45, 7) is 4.98. The normalized spacial score (nSPS) is 13.9. The molecule has 17 nitrogen and oxygen atoms in total. The molecule has 94 heavy (non-hydrogen) atoms. The van der Waals surface area contributed by atoms with Crippen LogP contribution in [0.1, 0.15) is 400 Å². The Morgan fingerprint density at radius 3 is 0.628 bits per heavy atom. The molecule has 2 unspecified atom stereocenters. The van der Waals surface area contributed by atoms with E-state index in [4.69, 9.17) is 37.0 Å². The summed E-state index contributed by atoms with van der Waals surface area (Å²) in [5.41, 5.74) is 0. The lowest BCUT2D eigenvalue weighted by Gasteiger charge is -2.21. The standard InChI is InChI=1S/C75H146O17P2/c1-5-9-13-17-21-25-28-31-34-37-40-44-47-51-55-59-72(77)85-65-70(91-74(79)61-57-53-49-43-24-20-16-12-8-4)67-89-93(81,82)87-63-69(76)64-88-94(83,84)90-68-71(92-75(80)62-58-54-50-46-42-39-36-33-30-27-23-19-15-11-7-3)66-86-73(78)60-56-52-48-45-41-38-35-32-29-26-22-18-14-10-6-2/h69-71,76H,5-68H2,1-4H3,(H,81,82)(H,83,84)/t69-,70-,71-/m1/s1. The number of carbonyl (C=O) groups excluding carboxylic acids is 4. The number of hydrogen-bond acceptors (Lipinski definition) is 15. The topological polar surface area (TPSA) is 237 Å². The summed E-state index contributed by atoms with van der Waals surface area (Å²) in [5, 5.41) is 10.6. The number of phosphoric acid groups is 2. The van der Waals surface area contributed by atoms with Gasteiger partial charge in [0, 0.05) is 25.7 Å². The molecule has 0 aromatic carbocycles. The molecule has 0 aromatic heterocycles. The fourth-order valence-electron chi connectivity index (χ4n) is 11.6. The maximum atomic E-state index is 13.1. The Bertz CT molecular complexity index is 1790. The molecule has 5 atom stereocenters. The van der Waals surface area contributed by atoms with Gasteiger partial charge in [-0.05, 0) is 25.7 Å². The van der Waals surface area contributed by atoms with Crippen LogP contribution in [0.25, 0.3) is 0 Å². The fraction of sp³-hybridized carbons (Fsp3) is 0.947. The summed E-state index contributed by atoms with van der Waals surface area (Å²) >= 11 is 0. The third kappa shape index (κ3) is 68.6. The van der Waals surface area contributed by atoms with Crippen molar-refractivity contribution in [2.45, 2.75) is 418 Å². The van der Waals surface area contributed by atoms with Gasteiger partial charge >= 0.3 is 39.5 Å². The first-order chi connectivity index (χ1) is 45.7. The summed E-state index contributed by atoms with van der Waals surface area (Å²) in [6, 6.07) is 0. The molecule has 0 aliphatic heterocycles. The third-order valence-electron chi connectivity index (χ3n) is 17.6. The van der Waals surface area contributed by atoms with E-state index in [2.05, 4.69) is 27.7 Å². The van der Waals surface area contributed by atoms with Gasteiger partial charge in [-0.3, -0.25) is 37.3 Å². The van der Waals surface area contributed by atoms with Crippen LogP contribution in [-0.4, -0.2) is 96.7 Å². The molecule has 0 amide bonds. The zero-order valence-corrected chi connectivity index (χ0v) is 62.7. The Kier molecular flexibility index (Phi) is 68.1. The van der Waals surface area contributed by atoms with Crippen LogP contribution in [0.3, 0.4) is 0 Å². The number of rotatable bonds is 76. The molecule has 0 bridgehead atoms. The number of aliphatic hydroxyl groups is 1. The Morgan fingerprint density at radius 1 is 0.255 bits per heavy atom. The summed E-state index contributed by atoms with van der Waals surface area (Å²) in [4.78, 5) is 72.7. The molecular weight excluding hydrogens is 1230 g/mol. The summed E-state index contributed by atoms with van der Waals surface area (Å²) in [5.74, 6) is -2.11. The number of hydrogen-bond donors (Lipinski definition) is 3. The highest BCUT2D eigenvalue weighted by molar-refractivity contribution is 7.47. The van der Waals surface area contributed by atoms with Crippen LogP contribution >= 0.6 is 15.6 Å². The Balaban J connectivity index is 5.21. The Labute approximate surface area is 575 Å². The molecule has 0 rings (SSSR count). The van der Waals surface area contributed by atoms with Gasteiger partial charge in [-0.25, -0.2) is 9.13 Å². The molecule has 3 N–H and O–H groups in total. The van der Waals surface area contributed by atoms with Gasteiger partial charge < -0.3 is 33.8 Å². The molecule has 0 spiro atoms. The highest BCUT2D eigenvalue weighted by Crippen LogP contribution is 2.45. The van der Waals surface area contributed by atoms with Crippen molar-refractivity contribution >= 4 is 39.5 Å². The molecule has 0 radical (unpaired) electrons. The monoisotopic (exact) mass is 1380 g/mol. The van der Waals surface area contributed by atoms with Crippen molar-refractivity contribution in [3.8, 4) is 0 Å². The van der Waals surface area contributed by atoms with E-state index in [0.717, 1.165) is 89.9 Å². The second-order valence-electron chi connectivity index (χ2n) is 27.0. The number of unbranched alkanes of at least 4 members (excludes halogenated alkanes) is 50. The summed E-state index contributed by atoms with van der Waals surface area (Å²) in [6.07, 6.45) is 59.5. The average molecular weight is 1380 g/mol. The van der Waals surface area contributed by atoms with E-state index >= 15 is 0 Å². The SMILES string of the molecule is CCCCCCCCCCCCCCCCCC(=O)OC[C@H](COP(=O)(O)OC[C@@H](O)COP(=O)(O)OC[C@@H](COC(=O)CCCCCCCCCCCCCCCCC)OC(=O)CCCCCCCCCCCCCCCCC)OC(=O)CCCCCCCCCCC. The van der Waals surface area contributed by atoms with Crippen LogP contribution in [0.4, 0.5) is 0 Å². The maximum Gasteiger partial charge on any atom is 0.472 e. The largest absolute Gasteiger partial charge is 0.472 e. The molecule has 0 aliphatic carbocycles. The lowest BCUT2D eigenvalue weighted by molar-refractivity contribution is -0.161. The predicted octanol–water partition coefficient (Wildman–Crippen LogP) is 22.2. The van der Waals surface area contributed by atoms with Crippen molar-refractivity contribution in [2.75, 3.05) is 39.6 Å². The quantitative estimate of drug-likeness (QED) is 0.0222. The number of carbonyl (C=O) groups is 4. The van der Waals surface area contributed by atoms with E-state index in [1.54, 1.807) is 0 Å². The zero-order chi connectivity index (χ0) is 69.0. The first-order valence-electron chi connectivity index (χ1n) is 39.3. The minimum atomic E-state index is -4.95. The first-order valence-corrected chi connectivity index (χ1v) is 42.3. The minimum Gasteiger partial charge on any atom is -0.462 e. The Morgan fingerprint density at radius 2 is 0.426 bits per heavy atom. The van der Waals surface area contributed by atoms with Gasteiger partial charge in [0.05, 0.1) is 26.4 Å². The lowest BCUT2D eigenvalue weighted by Crippen LogP contribution is -2.30. The number of aliphatic hydroxyl groups excluding tert-OH is 1. The zero-order valence-electron chi connectivity index (χ0n) is 60.9. The molecule has 0 saturated heterocycles. The minimum absolute atomic E-state index is 0.107. The molecule has 0 aromatic rings. The van der Waals surface area contributed by atoms with Gasteiger partial charge in [0.25, 0.3) is 0 Å². The second-order valence-corrected chi connectivity index (χ2v) is 29.9. The molecule has 0 aliphatic rings. The van der Waals surface area contributed by atoms with Crippen molar-refractivity contribution in [3.63, 3.8) is 0 Å². The number of esters is 4. The van der Waals surface area contributed by atoms with E-state index in [-0.39, 0.29) is 25.7 Å². The summed E-state index contributed by atoms with van der Waals surface area (Å²) in [7, 11) is -9.90. The van der Waals surface area contributed by atoms with Crippen molar-refractivity contribution < 1.29 is 80.2 Å². The molecule has 0 fully saturated rings. The van der Waals surface area contributed by atoms with E-state index in [1.165, 1.54) is 231 Å². The van der Waals surface area contributed by atoms with Crippen molar-refractivity contribution in [1.29, 1.82) is 0 Å². The molecule has 0 saturated carbocycles. The maximum absolute atomic E-state index is 13.1. The van der Waals surface area contributed by atoms with Crippen LogP contribution < -0.4 is 0 Å². The van der Waals surface area contributed by atoms with Gasteiger partial charge in [-0.2, -0.15) is 0 Å². The van der Waals surface area contributed by atoms with Gasteiger partial charge in [-0.1, -0.05) is 349 Å². The Hall–Kier alpha value is -1.94. The van der Waals surface area contributed by atoms with Gasteiger partial charge in [0.1, 0.15) is 19.3 Å². The lowest BCUT2D eigenvalue weighted by atomic mass is 10.0.